The van der Waals surface area contributed by atoms with E-state index in [1.54, 1.807) is 32.2 Å². The summed E-state index contributed by atoms with van der Waals surface area (Å²) < 4.78 is 41.1. The second-order valence-electron chi connectivity index (χ2n) is 8.56. The van der Waals surface area contributed by atoms with Gasteiger partial charge in [0.2, 0.25) is 0 Å². The third-order valence-corrected chi connectivity index (χ3v) is 5.69. The van der Waals surface area contributed by atoms with Gasteiger partial charge in [-0.15, -0.1) is 13.2 Å². The van der Waals surface area contributed by atoms with Crippen molar-refractivity contribution in [1.82, 2.24) is 4.98 Å². The second kappa shape index (κ2) is 8.94. The molecule has 0 aliphatic carbocycles. The molecular formula is C25H26F3N3O2. The lowest BCUT2D eigenvalue weighted by molar-refractivity contribution is -0.274. The Morgan fingerprint density at radius 3 is 2.09 bits per heavy atom. The third-order valence-electron chi connectivity index (χ3n) is 5.69. The summed E-state index contributed by atoms with van der Waals surface area (Å²) in [6.45, 7) is 6.72. The highest BCUT2D eigenvalue weighted by Gasteiger charge is 2.31. The van der Waals surface area contributed by atoms with Crippen molar-refractivity contribution in [2.24, 2.45) is 0 Å². The smallest absolute Gasteiger partial charge is 0.406 e. The number of hydrogen-bond acceptors (Lipinski definition) is 5. The highest BCUT2D eigenvalue weighted by molar-refractivity contribution is 5.69. The lowest BCUT2D eigenvalue weighted by Crippen LogP contribution is -2.46. The van der Waals surface area contributed by atoms with E-state index in [-0.39, 0.29) is 5.75 Å². The zero-order valence-corrected chi connectivity index (χ0v) is 18.5. The summed E-state index contributed by atoms with van der Waals surface area (Å²) in [7, 11) is 0. The first-order valence-corrected chi connectivity index (χ1v) is 10.7. The lowest BCUT2D eigenvalue weighted by atomic mass is 10.0. The third kappa shape index (κ3) is 5.76. The summed E-state index contributed by atoms with van der Waals surface area (Å²) in [6, 6.07) is 17.7. The highest BCUT2D eigenvalue weighted by atomic mass is 19.4. The van der Waals surface area contributed by atoms with Crippen molar-refractivity contribution in [3.63, 3.8) is 0 Å². The molecule has 2 aromatic carbocycles. The molecule has 0 unspecified atom stereocenters. The van der Waals surface area contributed by atoms with Gasteiger partial charge in [-0.25, -0.2) is 4.98 Å². The molecule has 1 aliphatic rings. The molecular weight excluding hydrogens is 431 g/mol. The molecule has 33 heavy (non-hydrogen) atoms. The molecule has 1 aromatic heterocycles. The van der Waals surface area contributed by atoms with Crippen molar-refractivity contribution in [3.05, 3.63) is 72.4 Å². The summed E-state index contributed by atoms with van der Waals surface area (Å²) >= 11 is 0. The Balaban J connectivity index is 1.41. The monoisotopic (exact) mass is 457 g/mol. The summed E-state index contributed by atoms with van der Waals surface area (Å²) in [5.41, 5.74) is 2.67. The minimum atomic E-state index is -4.70. The van der Waals surface area contributed by atoms with Crippen LogP contribution in [0.1, 0.15) is 19.4 Å². The summed E-state index contributed by atoms with van der Waals surface area (Å²) in [5, 5.41) is 10.1. The lowest BCUT2D eigenvalue weighted by Gasteiger charge is -2.37. The van der Waals surface area contributed by atoms with Gasteiger partial charge < -0.3 is 19.6 Å². The maximum absolute atomic E-state index is 12.4. The molecule has 2 heterocycles. The van der Waals surface area contributed by atoms with Crippen molar-refractivity contribution >= 4 is 11.5 Å². The first kappa shape index (κ1) is 22.9. The van der Waals surface area contributed by atoms with Crippen LogP contribution in [0.5, 0.6) is 5.75 Å². The number of alkyl halides is 3. The molecule has 0 atom stereocenters. The Morgan fingerprint density at radius 1 is 0.848 bits per heavy atom. The fraction of sp³-hybridized carbons (Fsp3) is 0.320. The number of ether oxygens (including phenoxy) is 1. The maximum atomic E-state index is 12.4. The molecule has 4 rings (SSSR count). The zero-order valence-electron chi connectivity index (χ0n) is 18.5. The first-order chi connectivity index (χ1) is 15.6. The number of rotatable bonds is 5. The number of aromatic nitrogens is 1. The fourth-order valence-electron chi connectivity index (χ4n) is 3.86. The van der Waals surface area contributed by atoms with E-state index in [0.717, 1.165) is 54.4 Å². The molecule has 0 spiro atoms. The van der Waals surface area contributed by atoms with Crippen LogP contribution in [-0.4, -0.2) is 42.6 Å². The molecule has 0 radical (unpaired) electrons. The number of nitrogens with zero attached hydrogens (tertiary/aromatic N) is 3. The van der Waals surface area contributed by atoms with Crippen LogP contribution in [0, 0.1) is 0 Å². The minimum Gasteiger partial charge on any atom is -0.406 e. The predicted molar refractivity (Wildman–Crippen MR) is 122 cm³/mol. The second-order valence-corrected chi connectivity index (χ2v) is 8.56. The van der Waals surface area contributed by atoms with Crippen LogP contribution in [0.25, 0.3) is 11.1 Å². The molecule has 1 aliphatic heterocycles. The van der Waals surface area contributed by atoms with Crippen LogP contribution in [0.3, 0.4) is 0 Å². The van der Waals surface area contributed by atoms with Gasteiger partial charge in [0.05, 0.1) is 5.60 Å². The van der Waals surface area contributed by atoms with E-state index >= 15 is 0 Å². The van der Waals surface area contributed by atoms with E-state index in [0.29, 0.717) is 0 Å². The summed E-state index contributed by atoms with van der Waals surface area (Å²) in [4.78, 5) is 9.02. The molecule has 1 N–H and O–H groups in total. The van der Waals surface area contributed by atoms with Crippen molar-refractivity contribution in [3.8, 4) is 16.9 Å². The van der Waals surface area contributed by atoms with Crippen LogP contribution < -0.4 is 14.5 Å². The Kier molecular flexibility index (Phi) is 6.21. The Hall–Kier alpha value is -3.26. The van der Waals surface area contributed by atoms with Crippen LogP contribution in [-0.2, 0) is 5.60 Å². The molecule has 0 saturated carbocycles. The average Bonchev–Trinajstić information content (AvgIpc) is 2.78. The molecule has 8 heteroatoms. The zero-order chi connectivity index (χ0) is 23.6. The van der Waals surface area contributed by atoms with Gasteiger partial charge >= 0.3 is 6.36 Å². The molecule has 174 valence electrons. The molecule has 0 bridgehead atoms. The van der Waals surface area contributed by atoms with Crippen molar-refractivity contribution in [2.45, 2.75) is 25.8 Å². The number of hydrogen-bond donors (Lipinski definition) is 1. The Bertz CT molecular complexity index is 1070. The first-order valence-electron chi connectivity index (χ1n) is 10.7. The van der Waals surface area contributed by atoms with E-state index in [4.69, 9.17) is 0 Å². The largest absolute Gasteiger partial charge is 0.573 e. The minimum absolute atomic E-state index is 0.234. The summed E-state index contributed by atoms with van der Waals surface area (Å²) in [6.07, 6.45) is -2.98. The Labute approximate surface area is 191 Å². The number of halogens is 3. The normalized spacial score (nSPS) is 15.0. The molecule has 0 amide bonds. The molecule has 5 nitrogen and oxygen atoms in total. The van der Waals surface area contributed by atoms with Gasteiger partial charge in [-0.2, -0.15) is 0 Å². The highest BCUT2D eigenvalue weighted by Crippen LogP contribution is 2.29. The number of benzene rings is 2. The fourth-order valence-corrected chi connectivity index (χ4v) is 3.86. The topological polar surface area (TPSA) is 48.8 Å². The maximum Gasteiger partial charge on any atom is 0.573 e. The van der Waals surface area contributed by atoms with Gasteiger partial charge in [-0.3, -0.25) is 0 Å². The molecule has 1 saturated heterocycles. The van der Waals surface area contributed by atoms with E-state index in [2.05, 4.69) is 19.5 Å². The van der Waals surface area contributed by atoms with Crippen LogP contribution in [0.4, 0.5) is 24.7 Å². The van der Waals surface area contributed by atoms with Gasteiger partial charge in [0.15, 0.2) is 0 Å². The Morgan fingerprint density at radius 2 is 1.52 bits per heavy atom. The van der Waals surface area contributed by atoms with Crippen LogP contribution in [0.2, 0.25) is 0 Å². The van der Waals surface area contributed by atoms with Gasteiger partial charge in [0.25, 0.3) is 0 Å². The standard InChI is InChI=1S/C25H26F3N3O2/c1-24(2,32)20-8-11-23(29-17-20)31-14-12-30(13-15-31)21-5-3-4-19(16-21)18-6-9-22(10-7-18)33-25(26,27)28/h3-11,16-17,32H,12-15H2,1-2H3. The van der Waals surface area contributed by atoms with Crippen LogP contribution in [0.15, 0.2) is 66.9 Å². The van der Waals surface area contributed by atoms with E-state index in [1.807, 2.05) is 36.4 Å². The average molecular weight is 457 g/mol. The molecule has 1 fully saturated rings. The van der Waals surface area contributed by atoms with Crippen LogP contribution >= 0.6 is 0 Å². The predicted octanol–water partition coefficient (Wildman–Crippen LogP) is 5.20. The van der Waals surface area contributed by atoms with Gasteiger partial charge in [0.1, 0.15) is 11.6 Å². The summed E-state index contributed by atoms with van der Waals surface area (Å²) in [5.74, 6) is 0.653. The number of anilines is 2. The van der Waals surface area contributed by atoms with Gasteiger partial charge in [-0.05, 0) is 55.3 Å². The van der Waals surface area contributed by atoms with E-state index < -0.39 is 12.0 Å². The van der Waals surface area contributed by atoms with Crippen molar-refractivity contribution in [1.29, 1.82) is 0 Å². The quantitative estimate of drug-likeness (QED) is 0.571. The van der Waals surface area contributed by atoms with Gasteiger partial charge in [0, 0.05) is 43.6 Å². The number of pyridine rings is 1. The number of aliphatic hydroxyl groups is 1. The van der Waals surface area contributed by atoms with Crippen molar-refractivity contribution in [2.75, 3.05) is 36.0 Å². The van der Waals surface area contributed by atoms with E-state index in [1.165, 1.54) is 12.1 Å². The molecule has 3 aromatic rings. The van der Waals surface area contributed by atoms with Crippen molar-refractivity contribution < 1.29 is 23.0 Å². The number of piperazine rings is 1. The van der Waals surface area contributed by atoms with Gasteiger partial charge in [-0.1, -0.05) is 30.3 Å². The SMILES string of the molecule is CC(C)(O)c1ccc(N2CCN(c3cccc(-c4ccc(OC(F)(F)F)cc4)c3)CC2)nc1. The van der Waals surface area contributed by atoms with E-state index in [9.17, 15) is 18.3 Å².